The number of hydrogen-bond acceptors (Lipinski definition) is 4. The molecule has 0 aromatic heterocycles. The van der Waals surface area contributed by atoms with Gasteiger partial charge in [-0.25, -0.2) is 4.99 Å². The third kappa shape index (κ3) is 8.34. The number of hydrogen-bond donors (Lipinski definition) is 1. The Hall–Kier alpha value is -1.55. The molecular weight excluding hydrogens is 363 g/mol. The van der Waals surface area contributed by atoms with Gasteiger partial charge in [-0.2, -0.15) is 13.2 Å². The fourth-order valence-electron chi connectivity index (χ4n) is 2.60. The number of carbonyl (C=O) groups excluding carboxylic acids is 1. The van der Waals surface area contributed by atoms with E-state index in [1.54, 1.807) is 14.1 Å². The average molecular weight is 395 g/mol. The summed E-state index contributed by atoms with van der Waals surface area (Å²) in [6, 6.07) is -1.46. The van der Waals surface area contributed by atoms with Crippen molar-refractivity contribution in [1.29, 1.82) is 0 Å². The van der Waals surface area contributed by atoms with Crippen molar-refractivity contribution in [2.24, 2.45) is 4.99 Å². The first kappa shape index (κ1) is 23.5. The Morgan fingerprint density at radius 3 is 2.41 bits per heavy atom. The van der Waals surface area contributed by atoms with Crippen LogP contribution in [0.5, 0.6) is 0 Å². The number of guanidine groups is 1. The lowest BCUT2D eigenvalue weighted by atomic mass is 10.2. The summed E-state index contributed by atoms with van der Waals surface area (Å²) in [5.74, 6) is 0.425. The van der Waals surface area contributed by atoms with Crippen LogP contribution >= 0.6 is 0 Å². The minimum absolute atomic E-state index is 0.0000382. The normalized spacial score (nSPS) is 17.7. The summed E-state index contributed by atoms with van der Waals surface area (Å²) >= 11 is 0. The number of rotatable bonds is 8. The smallest absolute Gasteiger partial charge is 0.382 e. The van der Waals surface area contributed by atoms with Crippen molar-refractivity contribution < 1.29 is 22.7 Å². The number of alkyl halides is 3. The maximum atomic E-state index is 12.9. The van der Waals surface area contributed by atoms with E-state index >= 15 is 0 Å². The van der Waals surface area contributed by atoms with Crippen molar-refractivity contribution in [1.82, 2.24) is 20.0 Å². The molecule has 1 rings (SSSR count). The van der Waals surface area contributed by atoms with Gasteiger partial charge in [-0.15, -0.1) is 0 Å². The van der Waals surface area contributed by atoms with Gasteiger partial charge in [0.15, 0.2) is 5.96 Å². The van der Waals surface area contributed by atoms with Crippen molar-refractivity contribution >= 4 is 11.9 Å². The molecule has 0 radical (unpaired) electrons. The number of ether oxygens (including phenoxy) is 1. The second kappa shape index (κ2) is 11.3. The van der Waals surface area contributed by atoms with Gasteiger partial charge in [0, 0.05) is 60.0 Å². The lowest BCUT2D eigenvalue weighted by molar-refractivity contribution is -0.181. The van der Waals surface area contributed by atoms with Crippen LogP contribution in [0.15, 0.2) is 4.99 Å². The number of carbonyl (C=O) groups is 1. The summed E-state index contributed by atoms with van der Waals surface area (Å²) in [5, 5.41) is 3.20. The highest BCUT2D eigenvalue weighted by Gasteiger charge is 2.41. The van der Waals surface area contributed by atoms with Gasteiger partial charge in [-0.3, -0.25) is 9.69 Å². The number of nitrogens with one attached hydrogen (secondary N) is 1. The van der Waals surface area contributed by atoms with E-state index in [4.69, 9.17) is 4.74 Å². The van der Waals surface area contributed by atoms with Crippen molar-refractivity contribution in [3.8, 4) is 0 Å². The third-order valence-electron chi connectivity index (χ3n) is 4.45. The molecule has 0 bridgehead atoms. The number of piperazine rings is 1. The fraction of sp³-hybridized carbons (Fsp3) is 0.882. The highest BCUT2D eigenvalue weighted by atomic mass is 19.4. The number of amides is 1. The van der Waals surface area contributed by atoms with Crippen molar-refractivity contribution in [3.63, 3.8) is 0 Å². The van der Waals surface area contributed by atoms with E-state index in [0.717, 1.165) is 6.42 Å². The minimum Gasteiger partial charge on any atom is -0.382 e. The van der Waals surface area contributed by atoms with Crippen LogP contribution in [-0.4, -0.2) is 105 Å². The van der Waals surface area contributed by atoms with Gasteiger partial charge in [0.25, 0.3) is 0 Å². The first-order valence-corrected chi connectivity index (χ1v) is 9.28. The van der Waals surface area contributed by atoms with Gasteiger partial charge in [0.2, 0.25) is 5.91 Å². The molecule has 1 aliphatic rings. The molecule has 1 amide bonds. The van der Waals surface area contributed by atoms with Crippen LogP contribution in [-0.2, 0) is 9.53 Å². The molecule has 0 saturated carbocycles. The van der Waals surface area contributed by atoms with Crippen LogP contribution in [0.3, 0.4) is 0 Å². The first-order chi connectivity index (χ1) is 12.7. The largest absolute Gasteiger partial charge is 0.403 e. The topological polar surface area (TPSA) is 60.4 Å². The van der Waals surface area contributed by atoms with E-state index in [0.29, 0.717) is 51.9 Å². The van der Waals surface area contributed by atoms with Crippen LogP contribution in [0.1, 0.15) is 20.3 Å². The van der Waals surface area contributed by atoms with Crippen LogP contribution in [0.2, 0.25) is 0 Å². The van der Waals surface area contributed by atoms with Gasteiger partial charge in [0.1, 0.15) is 12.6 Å². The van der Waals surface area contributed by atoms with Crippen LogP contribution in [0, 0.1) is 0 Å². The van der Waals surface area contributed by atoms with Gasteiger partial charge in [-0.1, -0.05) is 0 Å². The summed E-state index contributed by atoms with van der Waals surface area (Å²) in [4.78, 5) is 21.0. The van der Waals surface area contributed by atoms with E-state index in [9.17, 15) is 18.0 Å². The Bertz CT molecular complexity index is 478. The Morgan fingerprint density at radius 1 is 1.26 bits per heavy atom. The maximum absolute atomic E-state index is 12.9. The Labute approximate surface area is 159 Å². The molecule has 1 heterocycles. The number of nitrogens with zero attached hydrogens (tertiary/aromatic N) is 4. The van der Waals surface area contributed by atoms with Crippen molar-refractivity contribution in [3.05, 3.63) is 0 Å². The lowest BCUT2D eigenvalue weighted by Crippen LogP contribution is -2.57. The first-order valence-electron chi connectivity index (χ1n) is 9.28. The fourth-order valence-corrected chi connectivity index (χ4v) is 2.60. The molecule has 1 atom stereocenters. The van der Waals surface area contributed by atoms with Crippen molar-refractivity contribution in [2.45, 2.75) is 32.5 Å². The Balaban J connectivity index is 2.64. The molecule has 0 spiro atoms. The summed E-state index contributed by atoms with van der Waals surface area (Å²) in [7, 11) is 3.31. The Morgan fingerprint density at radius 2 is 1.89 bits per heavy atom. The molecule has 158 valence electrons. The van der Waals surface area contributed by atoms with Crippen molar-refractivity contribution in [2.75, 3.05) is 66.6 Å². The summed E-state index contributed by atoms with van der Waals surface area (Å²) < 4.78 is 44.0. The highest BCUT2D eigenvalue weighted by Crippen LogP contribution is 2.25. The number of aliphatic imine (C=N–C) groups is 1. The molecule has 1 aliphatic heterocycles. The highest BCUT2D eigenvalue weighted by molar-refractivity contribution is 5.84. The number of halogens is 3. The molecule has 0 aromatic carbocycles. The molecule has 1 fully saturated rings. The second-order valence-corrected chi connectivity index (χ2v) is 6.65. The molecule has 10 heteroatoms. The van der Waals surface area contributed by atoms with E-state index in [1.165, 1.54) is 16.7 Å². The van der Waals surface area contributed by atoms with Crippen LogP contribution < -0.4 is 5.32 Å². The van der Waals surface area contributed by atoms with E-state index in [2.05, 4.69) is 10.3 Å². The SMILES string of the molecule is CCOCCCNC(=NCC(=O)N(C)C)N1CCN(C(C)C(F)(F)F)CC1. The van der Waals surface area contributed by atoms with E-state index in [1.807, 2.05) is 11.8 Å². The predicted molar refractivity (Wildman–Crippen MR) is 98.8 cm³/mol. The van der Waals surface area contributed by atoms with Crippen LogP contribution in [0.4, 0.5) is 13.2 Å². The molecule has 1 saturated heterocycles. The Kier molecular flexibility index (Phi) is 9.86. The molecular formula is C17H32F3N5O2. The molecule has 0 aromatic rings. The average Bonchev–Trinajstić information content (AvgIpc) is 2.62. The zero-order valence-corrected chi connectivity index (χ0v) is 16.7. The van der Waals surface area contributed by atoms with Crippen LogP contribution in [0.25, 0.3) is 0 Å². The second-order valence-electron chi connectivity index (χ2n) is 6.65. The zero-order chi connectivity index (χ0) is 20.4. The van der Waals surface area contributed by atoms with Gasteiger partial charge >= 0.3 is 6.18 Å². The van der Waals surface area contributed by atoms with Gasteiger partial charge < -0.3 is 19.9 Å². The molecule has 27 heavy (non-hydrogen) atoms. The summed E-state index contributed by atoms with van der Waals surface area (Å²) in [6.45, 7) is 6.43. The lowest BCUT2D eigenvalue weighted by Gasteiger charge is -2.39. The minimum atomic E-state index is -4.23. The molecule has 1 N–H and O–H groups in total. The zero-order valence-electron chi connectivity index (χ0n) is 16.7. The van der Waals surface area contributed by atoms with Gasteiger partial charge in [0.05, 0.1) is 0 Å². The molecule has 7 nitrogen and oxygen atoms in total. The predicted octanol–water partition coefficient (Wildman–Crippen LogP) is 1.02. The van der Waals surface area contributed by atoms with E-state index < -0.39 is 12.2 Å². The monoisotopic (exact) mass is 395 g/mol. The van der Waals surface area contributed by atoms with Gasteiger partial charge in [-0.05, 0) is 20.3 Å². The standard InChI is InChI=1S/C17H32F3N5O2/c1-5-27-12-6-7-21-16(22-13-15(26)23(3)4)25-10-8-24(9-11-25)14(2)17(18,19)20/h14H,5-13H2,1-4H3,(H,21,22). The molecule has 0 aliphatic carbocycles. The molecule has 1 unspecified atom stereocenters. The summed E-state index contributed by atoms with van der Waals surface area (Å²) in [5.41, 5.74) is 0. The quantitative estimate of drug-likeness (QED) is 0.378. The third-order valence-corrected chi connectivity index (χ3v) is 4.45. The number of likely N-dealkylation sites (N-methyl/N-ethyl adjacent to an activating group) is 1. The summed E-state index contributed by atoms with van der Waals surface area (Å²) in [6.07, 6.45) is -3.45. The van der Waals surface area contributed by atoms with E-state index in [-0.39, 0.29) is 12.5 Å². The maximum Gasteiger partial charge on any atom is 0.403 e.